The molecule has 1 aromatic carbocycles. The van der Waals surface area contributed by atoms with Crippen LogP contribution in [0, 0.1) is 0 Å². The Morgan fingerprint density at radius 1 is 1.32 bits per heavy atom. The maximum Gasteiger partial charge on any atom is 0.407 e. The molecule has 1 atom stereocenters. The van der Waals surface area contributed by atoms with Crippen molar-refractivity contribution in [2.75, 3.05) is 13.7 Å². The summed E-state index contributed by atoms with van der Waals surface area (Å²) in [4.78, 5) is 11.6. The van der Waals surface area contributed by atoms with Gasteiger partial charge in [0, 0.05) is 20.1 Å². The van der Waals surface area contributed by atoms with E-state index in [-0.39, 0.29) is 12.7 Å². The highest BCUT2D eigenvalue weighted by atomic mass is 32.1. The fourth-order valence-electron chi connectivity index (χ4n) is 1.68. The van der Waals surface area contributed by atoms with E-state index in [4.69, 9.17) is 9.47 Å². The number of hydrogen-bond donors (Lipinski definition) is 1. The maximum atomic E-state index is 11.6. The summed E-state index contributed by atoms with van der Waals surface area (Å²) < 4.78 is 10.3. The Hall–Kier alpha value is -1.99. The molecule has 0 aliphatic rings. The molecule has 7 heteroatoms. The molecule has 22 heavy (non-hydrogen) atoms. The van der Waals surface area contributed by atoms with Crippen LogP contribution in [0.5, 0.6) is 0 Å². The van der Waals surface area contributed by atoms with Gasteiger partial charge in [0.25, 0.3) is 0 Å². The van der Waals surface area contributed by atoms with Crippen LogP contribution in [0.1, 0.15) is 28.6 Å². The number of hydrogen-bond acceptors (Lipinski definition) is 6. The molecule has 0 saturated heterocycles. The molecular formula is C15H19N3O3S. The van der Waals surface area contributed by atoms with Crippen LogP contribution in [0.25, 0.3) is 0 Å². The van der Waals surface area contributed by atoms with Crippen molar-refractivity contribution in [3.8, 4) is 0 Å². The van der Waals surface area contributed by atoms with Crippen molar-refractivity contribution in [2.45, 2.75) is 26.1 Å². The average Bonchev–Trinajstić information content (AvgIpc) is 3.02. The first-order valence-corrected chi connectivity index (χ1v) is 7.80. The quantitative estimate of drug-likeness (QED) is 0.849. The summed E-state index contributed by atoms with van der Waals surface area (Å²) in [7, 11) is 1.63. The normalized spacial score (nSPS) is 11.9. The van der Waals surface area contributed by atoms with Gasteiger partial charge in [0.1, 0.15) is 22.7 Å². The summed E-state index contributed by atoms with van der Waals surface area (Å²) in [6, 6.07) is 9.56. The van der Waals surface area contributed by atoms with Gasteiger partial charge in [-0.2, -0.15) is 0 Å². The predicted octanol–water partition coefficient (Wildman–Crippen LogP) is 2.71. The second kappa shape index (κ2) is 8.45. The highest BCUT2D eigenvalue weighted by molar-refractivity contribution is 7.11. The van der Waals surface area contributed by atoms with Crippen molar-refractivity contribution in [2.24, 2.45) is 0 Å². The molecule has 1 unspecified atom stereocenters. The van der Waals surface area contributed by atoms with Crippen LogP contribution in [0.3, 0.4) is 0 Å². The van der Waals surface area contributed by atoms with Gasteiger partial charge in [0.15, 0.2) is 0 Å². The van der Waals surface area contributed by atoms with Gasteiger partial charge in [-0.25, -0.2) is 4.79 Å². The second-order valence-electron chi connectivity index (χ2n) is 4.65. The van der Waals surface area contributed by atoms with Gasteiger partial charge in [-0.3, -0.25) is 0 Å². The van der Waals surface area contributed by atoms with Crippen LogP contribution in [-0.4, -0.2) is 29.9 Å². The van der Waals surface area contributed by atoms with E-state index in [1.165, 1.54) is 11.3 Å². The van der Waals surface area contributed by atoms with E-state index in [2.05, 4.69) is 15.5 Å². The summed E-state index contributed by atoms with van der Waals surface area (Å²) in [6.45, 7) is 2.65. The number of ether oxygens (including phenoxy) is 2. The standard InChI is InChI=1S/C15H19N3O3S/c1-11(20-2)14-18-17-13(22-14)8-9-16-15(19)21-10-12-6-4-3-5-7-12/h3-7,11H,8-10H2,1-2H3,(H,16,19). The molecule has 0 spiro atoms. The Morgan fingerprint density at radius 3 is 2.82 bits per heavy atom. The minimum Gasteiger partial charge on any atom is -0.445 e. The first kappa shape index (κ1) is 16.4. The third-order valence-corrected chi connectivity index (χ3v) is 4.15. The summed E-state index contributed by atoms with van der Waals surface area (Å²) >= 11 is 1.49. The summed E-state index contributed by atoms with van der Waals surface area (Å²) in [5, 5.41) is 12.5. The Balaban J connectivity index is 1.67. The molecular weight excluding hydrogens is 302 g/mol. The molecule has 0 aliphatic carbocycles. The number of rotatable bonds is 7. The molecule has 1 aromatic heterocycles. The highest BCUT2D eigenvalue weighted by Gasteiger charge is 2.11. The first-order chi connectivity index (χ1) is 10.7. The zero-order valence-electron chi connectivity index (χ0n) is 12.6. The van der Waals surface area contributed by atoms with E-state index in [1.807, 2.05) is 37.3 Å². The fourth-order valence-corrected chi connectivity index (χ4v) is 2.55. The number of carbonyl (C=O) groups excluding carboxylic acids is 1. The van der Waals surface area contributed by atoms with Crippen LogP contribution in [0.2, 0.25) is 0 Å². The number of methoxy groups -OCH3 is 1. The van der Waals surface area contributed by atoms with Gasteiger partial charge in [-0.05, 0) is 12.5 Å². The molecule has 0 radical (unpaired) electrons. The lowest BCUT2D eigenvalue weighted by molar-refractivity contribution is 0.118. The Kier molecular flexibility index (Phi) is 6.29. The second-order valence-corrected chi connectivity index (χ2v) is 5.74. The fraction of sp³-hybridized carbons (Fsp3) is 0.400. The van der Waals surface area contributed by atoms with E-state index in [1.54, 1.807) is 7.11 Å². The number of nitrogens with one attached hydrogen (secondary N) is 1. The average molecular weight is 321 g/mol. The van der Waals surface area contributed by atoms with Gasteiger partial charge < -0.3 is 14.8 Å². The number of aromatic nitrogens is 2. The van der Waals surface area contributed by atoms with E-state index in [9.17, 15) is 4.79 Å². The molecule has 2 rings (SSSR count). The Bertz CT molecular complexity index is 589. The van der Waals surface area contributed by atoms with Crippen molar-refractivity contribution in [3.63, 3.8) is 0 Å². The van der Waals surface area contributed by atoms with Gasteiger partial charge in [0.2, 0.25) is 0 Å². The topological polar surface area (TPSA) is 73.3 Å². The number of alkyl carbamates (subject to hydrolysis) is 1. The molecule has 0 aliphatic heterocycles. The minimum atomic E-state index is -0.432. The van der Waals surface area contributed by atoms with Crippen molar-refractivity contribution in [3.05, 3.63) is 45.9 Å². The lowest BCUT2D eigenvalue weighted by Crippen LogP contribution is -2.26. The van der Waals surface area contributed by atoms with Crippen LogP contribution in [0.15, 0.2) is 30.3 Å². The van der Waals surface area contributed by atoms with E-state index < -0.39 is 6.09 Å². The third kappa shape index (κ3) is 5.09. The predicted molar refractivity (Wildman–Crippen MR) is 83.7 cm³/mol. The number of nitrogens with zero attached hydrogens (tertiary/aromatic N) is 2. The number of benzene rings is 1. The first-order valence-electron chi connectivity index (χ1n) is 6.98. The molecule has 0 fully saturated rings. The number of amides is 1. The smallest absolute Gasteiger partial charge is 0.407 e. The monoisotopic (exact) mass is 321 g/mol. The van der Waals surface area contributed by atoms with Crippen molar-refractivity contribution >= 4 is 17.4 Å². The molecule has 1 amide bonds. The molecule has 2 aromatic rings. The molecule has 6 nitrogen and oxygen atoms in total. The summed E-state index contributed by atoms with van der Waals surface area (Å²) in [5.74, 6) is 0. The minimum absolute atomic E-state index is 0.0601. The zero-order chi connectivity index (χ0) is 15.8. The van der Waals surface area contributed by atoms with Crippen LogP contribution >= 0.6 is 11.3 Å². The van der Waals surface area contributed by atoms with Gasteiger partial charge in [-0.15, -0.1) is 10.2 Å². The SMILES string of the molecule is COC(C)c1nnc(CCNC(=O)OCc2ccccc2)s1. The lowest BCUT2D eigenvalue weighted by Gasteiger charge is -2.06. The molecule has 118 valence electrons. The van der Waals surface area contributed by atoms with Crippen molar-refractivity contribution < 1.29 is 14.3 Å². The zero-order valence-corrected chi connectivity index (χ0v) is 13.4. The van der Waals surface area contributed by atoms with Gasteiger partial charge in [0.05, 0.1) is 0 Å². The maximum absolute atomic E-state index is 11.6. The summed E-state index contributed by atoms with van der Waals surface area (Å²) in [6.07, 6.45) is 0.128. The van der Waals surface area contributed by atoms with Gasteiger partial charge in [-0.1, -0.05) is 41.7 Å². The largest absolute Gasteiger partial charge is 0.445 e. The molecule has 1 N–H and O–H groups in total. The molecule has 0 bridgehead atoms. The van der Waals surface area contributed by atoms with Crippen molar-refractivity contribution in [1.29, 1.82) is 0 Å². The van der Waals surface area contributed by atoms with Crippen molar-refractivity contribution in [1.82, 2.24) is 15.5 Å². The lowest BCUT2D eigenvalue weighted by atomic mass is 10.2. The Labute approximate surface area is 133 Å². The van der Waals surface area contributed by atoms with Crippen LogP contribution < -0.4 is 5.32 Å². The van der Waals surface area contributed by atoms with E-state index >= 15 is 0 Å². The van der Waals surface area contributed by atoms with Gasteiger partial charge >= 0.3 is 6.09 Å². The highest BCUT2D eigenvalue weighted by Crippen LogP contribution is 2.20. The van der Waals surface area contributed by atoms with Crippen LogP contribution in [-0.2, 0) is 22.5 Å². The van der Waals surface area contributed by atoms with E-state index in [0.29, 0.717) is 13.0 Å². The Morgan fingerprint density at radius 2 is 2.09 bits per heavy atom. The third-order valence-electron chi connectivity index (χ3n) is 3.00. The summed E-state index contributed by atoms with van der Waals surface area (Å²) in [5.41, 5.74) is 0.958. The van der Waals surface area contributed by atoms with E-state index in [0.717, 1.165) is 15.6 Å². The molecule has 0 saturated carbocycles. The molecule has 1 heterocycles. The van der Waals surface area contributed by atoms with Crippen LogP contribution in [0.4, 0.5) is 4.79 Å². The number of carbonyl (C=O) groups is 1.